The minimum Gasteiger partial charge on any atom is -0.748 e. The molecular formula is C68H71ClN4O18S6-4. The molecule has 0 radical (unpaired) electrons. The second kappa shape index (κ2) is 27.8. The summed E-state index contributed by atoms with van der Waals surface area (Å²) in [7, 11) is -23.2. The molecule has 0 fully saturated rings. The van der Waals surface area contributed by atoms with Crippen LogP contribution in [0.3, 0.4) is 0 Å². The normalized spacial score (nSPS) is 19.0. The Bertz CT molecular complexity index is 5040. The Morgan fingerprint density at radius 1 is 0.577 bits per heavy atom. The number of hydrogen-bond acceptors (Lipinski definition) is 21. The van der Waals surface area contributed by atoms with Crippen molar-refractivity contribution in [2.45, 2.75) is 124 Å². The summed E-state index contributed by atoms with van der Waals surface area (Å²) in [5.41, 5.74) is 5.68. The van der Waals surface area contributed by atoms with E-state index in [1.165, 1.54) is 41.5 Å². The lowest BCUT2D eigenvalue weighted by molar-refractivity contribution is -0.777. The number of halogens is 1. The summed E-state index contributed by atoms with van der Waals surface area (Å²) in [4.78, 5) is 3.32. The smallest absolute Gasteiger partial charge is 0.237 e. The van der Waals surface area contributed by atoms with E-state index in [0.29, 0.717) is 63.3 Å². The Hall–Kier alpha value is -6.71. The summed E-state index contributed by atoms with van der Waals surface area (Å²) < 4.78 is 184. The van der Waals surface area contributed by atoms with Crippen LogP contribution in [0.25, 0.3) is 21.5 Å². The van der Waals surface area contributed by atoms with Gasteiger partial charge in [-0.05, 0) is 147 Å². The highest BCUT2D eigenvalue weighted by Gasteiger charge is 2.48. The van der Waals surface area contributed by atoms with Crippen molar-refractivity contribution in [2.24, 2.45) is 0 Å². The van der Waals surface area contributed by atoms with Crippen molar-refractivity contribution in [3.63, 3.8) is 0 Å². The summed E-state index contributed by atoms with van der Waals surface area (Å²) in [5, 5.41) is 16.4. The van der Waals surface area contributed by atoms with E-state index < -0.39 is 99.4 Å². The van der Waals surface area contributed by atoms with Crippen molar-refractivity contribution in [3.8, 4) is 0 Å². The molecule has 10 rings (SSSR count). The molecule has 0 bridgehead atoms. The standard InChI is InChI=1S/C41H45ClN2O6S2.C27H30N2O12S4/c1-27(51(45,46)47)23-25-43-34-19-15-29-11-7-9-13-32(29)38(34)40(3,4)36(43)21-17-31(42)18-22-37-41(5,6)39-33-14-10-8-12-30(33)16-20-35(39)44(37)26-24-28(2)52(48,49)50;1-26(2)20-14-18(42-41-40-30)10-12-22(20)28(16-43(31,32)33)24(26)8-6-5-7-9-25-27(3,4)21-15-19(45(37,38)39)11-13-23(21)29(25)17-44(34,35)36/h7-22,27-28H,23-26H2,1-6H3,(H-,45,46,47,48,49,50);5-15H,16-17H2,1-4H3,(H3-,30,31,32,33,34,35,36,37,38,39)/p-4. The predicted octanol–water partition coefficient (Wildman–Crippen LogP) is 10.4. The Labute approximate surface area is 575 Å². The quantitative estimate of drug-likeness (QED) is 0.0152. The van der Waals surface area contributed by atoms with Crippen LogP contribution in [0.2, 0.25) is 0 Å². The molecule has 22 nitrogen and oxygen atoms in total. The maximum atomic E-state index is 11.8. The van der Waals surface area contributed by atoms with Gasteiger partial charge in [-0.3, -0.25) is 5.04 Å². The molecule has 2 unspecified atom stereocenters. The van der Waals surface area contributed by atoms with Crippen molar-refractivity contribution >= 4 is 130 Å². The Kier molecular flexibility index (Phi) is 21.3. The molecule has 6 aromatic rings. The highest BCUT2D eigenvalue weighted by atomic mass is 35.5. The van der Waals surface area contributed by atoms with Crippen LogP contribution >= 0.6 is 23.6 Å². The number of allylic oxidation sites excluding steroid dienone is 12. The van der Waals surface area contributed by atoms with Gasteiger partial charge >= 0.3 is 0 Å². The van der Waals surface area contributed by atoms with Gasteiger partial charge in [-0.15, -0.1) is 0 Å². The molecule has 4 aliphatic heterocycles. The molecule has 4 aliphatic rings. The number of rotatable bonds is 22. The van der Waals surface area contributed by atoms with Crippen molar-refractivity contribution < 1.29 is 88.6 Å². The maximum Gasteiger partial charge on any atom is 0.237 e. The van der Waals surface area contributed by atoms with Crippen molar-refractivity contribution in [1.29, 1.82) is 0 Å². The van der Waals surface area contributed by atoms with E-state index in [1.807, 2.05) is 62.4 Å². The molecule has 0 saturated carbocycles. The van der Waals surface area contributed by atoms with Crippen molar-refractivity contribution in [3.05, 3.63) is 203 Å². The number of nitrogens with zero attached hydrogens (tertiary/aromatic N) is 4. The third kappa shape index (κ3) is 15.8. The topological polar surface area (TPSA) is 340 Å². The summed E-state index contributed by atoms with van der Waals surface area (Å²) in [6, 6.07) is 32.8. The zero-order valence-corrected chi connectivity index (χ0v) is 60.1. The summed E-state index contributed by atoms with van der Waals surface area (Å²) in [5.74, 6) is -1.80. The molecule has 0 amide bonds. The highest BCUT2D eigenvalue weighted by molar-refractivity contribution is 7.94. The molecule has 0 spiro atoms. The Balaban J connectivity index is 0.000000230. The lowest BCUT2D eigenvalue weighted by Gasteiger charge is -2.28. The summed E-state index contributed by atoms with van der Waals surface area (Å²) in [6.45, 7) is 19.1. The van der Waals surface area contributed by atoms with E-state index in [-0.39, 0.29) is 18.5 Å². The van der Waals surface area contributed by atoms with Gasteiger partial charge in [0.2, 0.25) is 17.3 Å². The average Bonchev–Trinajstić information content (AvgIpc) is 1.60. The zero-order chi connectivity index (χ0) is 71.4. The van der Waals surface area contributed by atoms with Crippen LogP contribution in [0.1, 0.15) is 104 Å². The molecule has 518 valence electrons. The molecule has 4 heterocycles. The lowest BCUT2D eigenvalue weighted by atomic mass is 9.79. The van der Waals surface area contributed by atoms with Gasteiger partial charge in [0.1, 0.15) is 26.1 Å². The van der Waals surface area contributed by atoms with E-state index in [0.717, 1.165) is 67.6 Å². The van der Waals surface area contributed by atoms with Crippen molar-refractivity contribution in [1.82, 2.24) is 0 Å². The van der Waals surface area contributed by atoms with Crippen LogP contribution in [0.15, 0.2) is 190 Å². The van der Waals surface area contributed by atoms with Crippen LogP contribution in [0, 0.1) is 0 Å². The van der Waals surface area contributed by atoms with Crippen LogP contribution < -0.4 is 15.1 Å². The highest BCUT2D eigenvalue weighted by Crippen LogP contribution is 2.52. The van der Waals surface area contributed by atoms with Crippen LogP contribution in [-0.4, -0.2) is 121 Å². The second-order valence-electron chi connectivity index (χ2n) is 26.1. The predicted molar refractivity (Wildman–Crippen MR) is 368 cm³/mol. The van der Waals surface area contributed by atoms with Gasteiger partial charge in [-0.25, -0.2) is 42.1 Å². The molecule has 0 aliphatic carbocycles. The van der Waals surface area contributed by atoms with Gasteiger partial charge in [-0.2, -0.15) is 13.5 Å². The SMILES string of the molecule is CC(CCN1C(=CC=C(Cl)C=CC2=[N+](CCC(C)S(=O)(=O)[O-])c3ccc4ccccc4c3C2(C)C)C(C)(C)c2c1ccc1ccccc21)S(=O)(=O)[O-].CC1(C)C(=CC=CC=CC2=[N+](CS(=O)(=O)[O-])c3ccc(SOO[O-])cc3C2(C)C)N(CS(=O)(=O)[O-])c2ccc(S(=O)(=O)[O-])cc21. The Morgan fingerprint density at radius 2 is 1.15 bits per heavy atom. The first-order valence-corrected chi connectivity index (χ1v) is 39.0. The summed E-state index contributed by atoms with van der Waals surface area (Å²) in [6.07, 6.45) is 15.7. The monoisotopic (exact) mass is 1460 g/mol. The first kappa shape index (κ1) is 74.5. The minimum absolute atomic E-state index is 0.160. The number of benzene rings is 6. The third-order valence-electron chi connectivity index (χ3n) is 18.3. The fourth-order valence-corrected chi connectivity index (χ4v) is 16.4. The van der Waals surface area contributed by atoms with Gasteiger partial charge in [0.05, 0.1) is 53.3 Å². The largest absolute Gasteiger partial charge is 0.748 e. The van der Waals surface area contributed by atoms with Gasteiger partial charge < -0.3 is 37.8 Å². The first-order chi connectivity index (χ1) is 45.0. The molecule has 0 N–H and O–H groups in total. The molecule has 6 aromatic carbocycles. The van der Waals surface area contributed by atoms with E-state index in [1.54, 1.807) is 50.3 Å². The van der Waals surface area contributed by atoms with Crippen molar-refractivity contribution in [2.75, 3.05) is 34.6 Å². The number of fused-ring (bicyclic) bond motifs is 8. The second-order valence-corrected chi connectivity index (χ2v) is 35.0. The molecule has 2 atom stereocenters. The van der Waals surface area contributed by atoms with Gasteiger partial charge in [0.25, 0.3) is 0 Å². The van der Waals surface area contributed by atoms with Gasteiger partial charge in [-0.1, -0.05) is 112 Å². The van der Waals surface area contributed by atoms with E-state index >= 15 is 0 Å². The molecule has 0 saturated heterocycles. The minimum atomic E-state index is -4.81. The fraction of sp³-hybridized carbons (Fsp3) is 0.324. The third-order valence-corrected chi connectivity index (χ3v) is 23.5. The van der Waals surface area contributed by atoms with Gasteiger partial charge in [0.15, 0.2) is 28.1 Å². The maximum absolute atomic E-state index is 11.8. The van der Waals surface area contributed by atoms with E-state index in [2.05, 4.69) is 95.1 Å². The van der Waals surface area contributed by atoms with Crippen LogP contribution in [-0.2, 0) is 81.6 Å². The molecule has 29 heteroatoms. The first-order valence-electron chi connectivity index (χ1n) is 30.4. The van der Waals surface area contributed by atoms with Crippen LogP contribution in [0.4, 0.5) is 22.7 Å². The molecule has 0 aromatic heterocycles. The average molecular weight is 1460 g/mol. The zero-order valence-electron chi connectivity index (χ0n) is 54.5. The lowest BCUT2D eigenvalue weighted by Crippen LogP contribution is -2.30. The number of anilines is 2. The summed E-state index contributed by atoms with van der Waals surface area (Å²) >= 11 is 7.60. The Morgan fingerprint density at radius 3 is 1.76 bits per heavy atom. The van der Waals surface area contributed by atoms with E-state index in [4.69, 9.17) is 11.6 Å². The number of hydrogen-bond donors (Lipinski definition) is 0. The molecule has 97 heavy (non-hydrogen) atoms. The van der Waals surface area contributed by atoms with E-state index in [9.17, 15) is 70.1 Å². The van der Waals surface area contributed by atoms with Crippen LogP contribution in [0.5, 0.6) is 0 Å². The van der Waals surface area contributed by atoms with Gasteiger partial charge in [0, 0.05) is 97.2 Å². The fourth-order valence-electron chi connectivity index (χ4n) is 13.4. The molecular weight excluding hydrogens is 1390 g/mol.